The molecule has 0 unspecified atom stereocenters. The van der Waals surface area contributed by atoms with Gasteiger partial charge >= 0.3 is 5.97 Å². The molecular formula is C18H18O4. The van der Waals surface area contributed by atoms with Crippen molar-refractivity contribution in [3.8, 4) is 11.5 Å². The first-order valence-electron chi connectivity index (χ1n) is 6.79. The third-order valence-corrected chi connectivity index (χ3v) is 3.31. The van der Waals surface area contributed by atoms with Crippen LogP contribution in [0.1, 0.15) is 16.7 Å². The highest BCUT2D eigenvalue weighted by atomic mass is 16.5. The van der Waals surface area contributed by atoms with Gasteiger partial charge in [0.2, 0.25) is 0 Å². The van der Waals surface area contributed by atoms with E-state index in [9.17, 15) is 9.90 Å². The minimum absolute atomic E-state index is 0.593. The number of hydrogen-bond acceptors (Lipinski definition) is 3. The Balaban J connectivity index is 2.60. The summed E-state index contributed by atoms with van der Waals surface area (Å²) in [5.74, 6) is 0.345. The van der Waals surface area contributed by atoms with E-state index in [0.29, 0.717) is 11.3 Å². The van der Waals surface area contributed by atoms with Crippen molar-refractivity contribution in [1.82, 2.24) is 0 Å². The Morgan fingerprint density at radius 1 is 1.05 bits per heavy atom. The summed E-state index contributed by atoms with van der Waals surface area (Å²) in [6.45, 7) is 1.95. The van der Waals surface area contributed by atoms with Crippen molar-refractivity contribution in [1.29, 1.82) is 0 Å². The van der Waals surface area contributed by atoms with Crippen molar-refractivity contribution >= 4 is 11.5 Å². The molecule has 2 aromatic rings. The second-order valence-electron chi connectivity index (χ2n) is 4.83. The highest BCUT2D eigenvalue weighted by Crippen LogP contribution is 2.32. The molecule has 0 aliphatic rings. The third-order valence-electron chi connectivity index (χ3n) is 3.31. The van der Waals surface area contributed by atoms with Crippen LogP contribution >= 0.6 is 0 Å². The van der Waals surface area contributed by atoms with Crippen LogP contribution in [0, 0.1) is 6.92 Å². The first kappa shape index (κ1) is 15.6. The molecule has 0 aliphatic heterocycles. The maximum atomic E-state index is 11.2. The van der Waals surface area contributed by atoms with E-state index in [4.69, 9.17) is 9.47 Å². The molecule has 2 rings (SSSR count). The van der Waals surface area contributed by atoms with E-state index in [1.165, 1.54) is 6.08 Å². The van der Waals surface area contributed by atoms with Crippen molar-refractivity contribution in [3.63, 3.8) is 0 Å². The van der Waals surface area contributed by atoms with Gasteiger partial charge in [-0.15, -0.1) is 0 Å². The molecule has 114 valence electrons. The van der Waals surface area contributed by atoms with E-state index in [2.05, 4.69) is 0 Å². The minimum Gasteiger partial charge on any atom is -0.497 e. The van der Waals surface area contributed by atoms with E-state index >= 15 is 0 Å². The molecule has 22 heavy (non-hydrogen) atoms. The molecule has 0 aromatic heterocycles. The average molecular weight is 298 g/mol. The summed E-state index contributed by atoms with van der Waals surface area (Å²) in [7, 11) is 3.16. The van der Waals surface area contributed by atoms with Gasteiger partial charge in [-0.2, -0.15) is 0 Å². The van der Waals surface area contributed by atoms with Crippen LogP contribution in [0.4, 0.5) is 0 Å². The summed E-state index contributed by atoms with van der Waals surface area (Å²) in [5, 5.41) is 9.20. The van der Waals surface area contributed by atoms with Gasteiger partial charge in [0.1, 0.15) is 11.5 Å². The van der Waals surface area contributed by atoms with Crippen LogP contribution in [0.2, 0.25) is 0 Å². The predicted octanol–water partition coefficient (Wildman–Crippen LogP) is 3.53. The summed E-state index contributed by atoms with van der Waals surface area (Å²) < 4.78 is 10.5. The largest absolute Gasteiger partial charge is 0.497 e. The molecule has 1 N–H and O–H groups in total. The first-order chi connectivity index (χ1) is 10.5. The van der Waals surface area contributed by atoms with Crippen LogP contribution in [0.25, 0.3) is 5.57 Å². The Morgan fingerprint density at radius 2 is 1.73 bits per heavy atom. The number of rotatable bonds is 5. The quantitative estimate of drug-likeness (QED) is 0.858. The van der Waals surface area contributed by atoms with Crippen LogP contribution in [0.15, 0.2) is 48.5 Å². The van der Waals surface area contributed by atoms with E-state index in [1.54, 1.807) is 26.4 Å². The van der Waals surface area contributed by atoms with Crippen molar-refractivity contribution in [2.24, 2.45) is 0 Å². The molecular weight excluding hydrogens is 280 g/mol. The Kier molecular flexibility index (Phi) is 4.84. The molecule has 0 spiro atoms. The number of ether oxygens (including phenoxy) is 2. The molecule has 0 saturated heterocycles. The Labute approximate surface area is 129 Å². The van der Waals surface area contributed by atoms with Crippen LogP contribution < -0.4 is 9.47 Å². The second kappa shape index (κ2) is 6.80. The summed E-state index contributed by atoms with van der Waals surface area (Å²) >= 11 is 0. The number of benzene rings is 2. The minimum atomic E-state index is -1.01. The van der Waals surface area contributed by atoms with Crippen LogP contribution in [0.3, 0.4) is 0 Å². The summed E-state index contributed by atoms with van der Waals surface area (Å²) in [6.07, 6.45) is 1.19. The van der Waals surface area contributed by atoms with Crippen molar-refractivity contribution in [2.75, 3.05) is 14.2 Å². The smallest absolute Gasteiger partial charge is 0.328 e. The molecule has 0 aliphatic carbocycles. The highest BCUT2D eigenvalue weighted by Gasteiger charge is 2.13. The van der Waals surface area contributed by atoms with E-state index in [1.807, 2.05) is 37.3 Å². The van der Waals surface area contributed by atoms with E-state index in [0.717, 1.165) is 22.4 Å². The molecule has 0 heterocycles. The number of carbonyl (C=O) groups is 1. The van der Waals surface area contributed by atoms with Gasteiger partial charge in [0.15, 0.2) is 0 Å². The number of carboxylic acid groups (broad SMARTS) is 1. The summed E-state index contributed by atoms with van der Waals surface area (Å²) in [4.78, 5) is 11.2. The monoisotopic (exact) mass is 298 g/mol. The van der Waals surface area contributed by atoms with E-state index < -0.39 is 5.97 Å². The molecule has 0 fully saturated rings. The molecule has 4 heteroatoms. The van der Waals surface area contributed by atoms with Crippen molar-refractivity contribution in [3.05, 3.63) is 65.2 Å². The lowest BCUT2D eigenvalue weighted by Gasteiger charge is -2.13. The van der Waals surface area contributed by atoms with Crippen LogP contribution in [-0.4, -0.2) is 25.3 Å². The van der Waals surface area contributed by atoms with Crippen molar-refractivity contribution < 1.29 is 19.4 Å². The third kappa shape index (κ3) is 3.47. The number of carboxylic acids is 1. The normalized spacial score (nSPS) is 11.1. The van der Waals surface area contributed by atoms with Gasteiger partial charge in [-0.25, -0.2) is 4.79 Å². The van der Waals surface area contributed by atoms with Crippen molar-refractivity contribution in [2.45, 2.75) is 6.92 Å². The zero-order chi connectivity index (χ0) is 16.1. The van der Waals surface area contributed by atoms with Gasteiger partial charge < -0.3 is 14.6 Å². The maximum absolute atomic E-state index is 11.2. The number of methoxy groups -OCH3 is 2. The van der Waals surface area contributed by atoms with Gasteiger partial charge in [0.05, 0.1) is 14.2 Å². The van der Waals surface area contributed by atoms with Gasteiger partial charge in [-0.3, -0.25) is 0 Å². The Hall–Kier alpha value is -2.75. The van der Waals surface area contributed by atoms with Crippen LogP contribution in [-0.2, 0) is 4.79 Å². The zero-order valence-electron chi connectivity index (χ0n) is 12.8. The number of hydrogen-bond donors (Lipinski definition) is 1. The molecule has 0 bridgehead atoms. The average Bonchev–Trinajstić information content (AvgIpc) is 2.52. The molecule has 2 aromatic carbocycles. The second-order valence-corrected chi connectivity index (χ2v) is 4.83. The molecule has 0 radical (unpaired) electrons. The predicted molar refractivity (Wildman–Crippen MR) is 85.4 cm³/mol. The Bertz CT molecular complexity index is 700. The lowest BCUT2D eigenvalue weighted by Crippen LogP contribution is -1.98. The van der Waals surface area contributed by atoms with Gasteiger partial charge in [-0.05, 0) is 42.3 Å². The van der Waals surface area contributed by atoms with Gasteiger partial charge in [0, 0.05) is 11.6 Å². The summed E-state index contributed by atoms with van der Waals surface area (Å²) in [5.41, 5.74) is 3.15. The molecule has 4 nitrogen and oxygen atoms in total. The standard InChI is InChI=1S/C18H18O4/c1-12-4-9-17(22-3)16(10-12)15(11-18(19)20)13-5-7-14(21-2)8-6-13/h4-11H,1-3H3,(H,19,20)/b15-11+. The maximum Gasteiger partial charge on any atom is 0.328 e. The summed E-state index contributed by atoms with van der Waals surface area (Å²) in [6, 6.07) is 12.9. The fraction of sp³-hybridized carbons (Fsp3) is 0.167. The lowest BCUT2D eigenvalue weighted by atomic mass is 9.95. The molecule has 0 amide bonds. The molecule has 0 saturated carbocycles. The topological polar surface area (TPSA) is 55.8 Å². The first-order valence-corrected chi connectivity index (χ1v) is 6.79. The Morgan fingerprint density at radius 3 is 2.27 bits per heavy atom. The van der Waals surface area contributed by atoms with Crippen LogP contribution in [0.5, 0.6) is 11.5 Å². The molecule has 0 atom stereocenters. The number of aryl methyl sites for hydroxylation is 1. The fourth-order valence-electron chi connectivity index (χ4n) is 2.24. The van der Waals surface area contributed by atoms with Gasteiger partial charge in [-0.1, -0.05) is 23.8 Å². The zero-order valence-corrected chi connectivity index (χ0v) is 12.8. The lowest BCUT2D eigenvalue weighted by molar-refractivity contribution is -0.131. The SMILES string of the molecule is COc1ccc(/C(=C\C(=O)O)c2cc(C)ccc2OC)cc1. The fourth-order valence-corrected chi connectivity index (χ4v) is 2.24. The highest BCUT2D eigenvalue weighted by molar-refractivity contribution is 5.96. The van der Waals surface area contributed by atoms with Gasteiger partial charge in [0.25, 0.3) is 0 Å². The van der Waals surface area contributed by atoms with E-state index in [-0.39, 0.29) is 0 Å². The number of aliphatic carboxylic acids is 1.